The fourth-order valence-electron chi connectivity index (χ4n) is 0.990. The minimum absolute atomic E-state index is 0.179. The zero-order chi connectivity index (χ0) is 8.27. The largest absolute Gasteiger partial charge is 0.481 e. The first-order valence-corrected chi connectivity index (χ1v) is 4.66. The highest BCUT2D eigenvalue weighted by atomic mass is 127. The summed E-state index contributed by atoms with van der Waals surface area (Å²) in [5, 5.41) is 8.52. The van der Waals surface area contributed by atoms with Crippen LogP contribution in [0.5, 0.6) is 0 Å². The van der Waals surface area contributed by atoms with E-state index >= 15 is 0 Å². The molecule has 0 saturated heterocycles. The fourth-order valence-corrected chi connectivity index (χ4v) is 1.71. The molecule has 1 aliphatic carbocycles. The summed E-state index contributed by atoms with van der Waals surface area (Å²) >= 11 is 2.27. The molecule has 2 nitrogen and oxygen atoms in total. The Bertz CT molecular complexity index is 218. The van der Waals surface area contributed by atoms with Gasteiger partial charge in [-0.3, -0.25) is 4.79 Å². The van der Waals surface area contributed by atoms with Crippen molar-refractivity contribution in [1.82, 2.24) is 0 Å². The number of carboxylic acids is 1. The minimum Gasteiger partial charge on any atom is -0.481 e. The summed E-state index contributed by atoms with van der Waals surface area (Å²) in [5.74, 6) is -0.742. The van der Waals surface area contributed by atoms with Crippen molar-refractivity contribution in [3.63, 3.8) is 0 Å². The van der Waals surface area contributed by atoms with Crippen molar-refractivity contribution in [2.45, 2.75) is 16.8 Å². The van der Waals surface area contributed by atoms with E-state index in [1.165, 1.54) is 0 Å². The number of carbonyl (C=O) groups is 1. The van der Waals surface area contributed by atoms with Crippen LogP contribution in [0, 0.1) is 0 Å². The van der Waals surface area contributed by atoms with Gasteiger partial charge in [0, 0.05) is 3.92 Å². The maximum Gasteiger partial charge on any atom is 0.307 e. The SMILES string of the molecule is O=C(O)CC1=CC=CCC1I. The van der Waals surface area contributed by atoms with Crippen molar-refractivity contribution < 1.29 is 9.90 Å². The van der Waals surface area contributed by atoms with E-state index in [2.05, 4.69) is 28.7 Å². The molecule has 1 rings (SSSR count). The van der Waals surface area contributed by atoms with Crippen LogP contribution in [0.2, 0.25) is 0 Å². The molecule has 0 aromatic heterocycles. The maximum atomic E-state index is 10.3. The molecule has 3 heteroatoms. The topological polar surface area (TPSA) is 37.3 Å². The van der Waals surface area contributed by atoms with Gasteiger partial charge in [0.15, 0.2) is 0 Å². The molecule has 0 radical (unpaired) electrons. The second-order valence-electron chi connectivity index (χ2n) is 2.44. The van der Waals surface area contributed by atoms with Crippen LogP contribution in [0.25, 0.3) is 0 Å². The lowest BCUT2D eigenvalue weighted by molar-refractivity contribution is -0.136. The highest BCUT2D eigenvalue weighted by Crippen LogP contribution is 2.23. The van der Waals surface area contributed by atoms with Crippen LogP contribution in [-0.2, 0) is 4.79 Å². The van der Waals surface area contributed by atoms with Gasteiger partial charge < -0.3 is 5.11 Å². The summed E-state index contributed by atoms with van der Waals surface area (Å²) in [7, 11) is 0. The van der Waals surface area contributed by atoms with Gasteiger partial charge >= 0.3 is 5.97 Å². The number of carboxylic acid groups (broad SMARTS) is 1. The molecule has 0 aromatic carbocycles. The third kappa shape index (κ3) is 2.65. The molecule has 0 heterocycles. The summed E-state index contributed by atoms with van der Waals surface area (Å²) in [6.45, 7) is 0. The van der Waals surface area contributed by atoms with E-state index in [1.807, 2.05) is 12.2 Å². The molecule has 0 saturated carbocycles. The highest BCUT2D eigenvalue weighted by molar-refractivity contribution is 14.1. The average molecular weight is 264 g/mol. The van der Waals surface area contributed by atoms with Gasteiger partial charge in [-0.25, -0.2) is 0 Å². The number of hydrogen-bond donors (Lipinski definition) is 1. The number of hydrogen-bond acceptors (Lipinski definition) is 1. The summed E-state index contributed by atoms with van der Waals surface area (Å²) in [6.07, 6.45) is 7.02. The molecule has 0 aliphatic heterocycles. The van der Waals surface area contributed by atoms with Gasteiger partial charge in [-0.15, -0.1) is 0 Å². The van der Waals surface area contributed by atoms with Crippen LogP contribution in [0.4, 0.5) is 0 Å². The second-order valence-corrected chi connectivity index (χ2v) is 3.95. The molecule has 1 N–H and O–H groups in total. The van der Waals surface area contributed by atoms with Crippen molar-refractivity contribution in [1.29, 1.82) is 0 Å². The molecular formula is C8H9IO2. The standard InChI is InChI=1S/C8H9IO2/c9-7-4-2-1-3-6(7)5-8(10)11/h1-3,7H,4-5H2,(H,10,11). The Hall–Kier alpha value is -0.320. The number of halogens is 1. The Kier molecular flexibility index (Phi) is 3.11. The van der Waals surface area contributed by atoms with E-state index < -0.39 is 5.97 Å². The second kappa shape index (κ2) is 3.90. The first-order chi connectivity index (χ1) is 5.20. The summed E-state index contributed by atoms with van der Waals surface area (Å²) in [4.78, 5) is 10.3. The van der Waals surface area contributed by atoms with Gasteiger partial charge in [0.2, 0.25) is 0 Å². The third-order valence-corrected chi connectivity index (χ3v) is 2.86. The molecule has 0 spiro atoms. The van der Waals surface area contributed by atoms with E-state index in [9.17, 15) is 4.79 Å². The average Bonchev–Trinajstić information content (AvgIpc) is 1.93. The molecule has 0 bridgehead atoms. The zero-order valence-corrected chi connectivity index (χ0v) is 8.11. The Morgan fingerprint density at radius 1 is 1.82 bits per heavy atom. The first-order valence-electron chi connectivity index (χ1n) is 3.41. The quantitative estimate of drug-likeness (QED) is 0.613. The number of allylic oxidation sites excluding steroid dienone is 3. The van der Waals surface area contributed by atoms with Gasteiger partial charge in [-0.05, 0) is 12.0 Å². The Morgan fingerprint density at radius 2 is 2.55 bits per heavy atom. The maximum absolute atomic E-state index is 10.3. The normalized spacial score (nSPS) is 23.0. The van der Waals surface area contributed by atoms with Crippen molar-refractivity contribution in [2.24, 2.45) is 0 Å². The third-order valence-electron chi connectivity index (χ3n) is 1.55. The highest BCUT2D eigenvalue weighted by Gasteiger charge is 2.13. The van der Waals surface area contributed by atoms with Crippen LogP contribution in [0.15, 0.2) is 23.8 Å². The predicted octanol–water partition coefficient (Wildman–Crippen LogP) is 2.15. The van der Waals surface area contributed by atoms with Gasteiger partial charge in [0.05, 0.1) is 6.42 Å². The van der Waals surface area contributed by atoms with Crippen LogP contribution >= 0.6 is 22.6 Å². The van der Waals surface area contributed by atoms with Crippen molar-refractivity contribution in [2.75, 3.05) is 0 Å². The van der Waals surface area contributed by atoms with E-state index in [0.29, 0.717) is 3.92 Å². The van der Waals surface area contributed by atoms with Crippen LogP contribution in [0.3, 0.4) is 0 Å². The summed E-state index contributed by atoms with van der Waals surface area (Å²) in [5.41, 5.74) is 1.01. The monoisotopic (exact) mass is 264 g/mol. The Morgan fingerprint density at radius 3 is 3.09 bits per heavy atom. The Labute approximate surface area is 79.1 Å². The number of aliphatic carboxylic acids is 1. The molecule has 0 amide bonds. The number of rotatable bonds is 2. The first kappa shape index (κ1) is 8.77. The molecule has 1 unspecified atom stereocenters. The molecule has 1 atom stereocenters. The minimum atomic E-state index is -0.742. The lowest BCUT2D eigenvalue weighted by Crippen LogP contribution is -2.08. The zero-order valence-electron chi connectivity index (χ0n) is 5.96. The van der Waals surface area contributed by atoms with Crippen LogP contribution in [0.1, 0.15) is 12.8 Å². The predicted molar refractivity (Wildman–Crippen MR) is 51.9 cm³/mol. The van der Waals surface area contributed by atoms with Crippen LogP contribution in [-0.4, -0.2) is 15.0 Å². The van der Waals surface area contributed by atoms with E-state index in [0.717, 1.165) is 12.0 Å². The molecule has 1 aliphatic rings. The molecule has 0 fully saturated rings. The van der Waals surface area contributed by atoms with E-state index in [1.54, 1.807) is 0 Å². The van der Waals surface area contributed by atoms with Crippen LogP contribution < -0.4 is 0 Å². The fraction of sp³-hybridized carbons (Fsp3) is 0.375. The number of alkyl halides is 1. The van der Waals surface area contributed by atoms with Crippen molar-refractivity contribution >= 4 is 28.6 Å². The lowest BCUT2D eigenvalue weighted by atomic mass is 10.0. The molecule has 0 aromatic rings. The van der Waals surface area contributed by atoms with Gasteiger partial charge in [0.25, 0.3) is 0 Å². The van der Waals surface area contributed by atoms with Gasteiger partial charge in [0.1, 0.15) is 0 Å². The molecule has 60 valence electrons. The lowest BCUT2D eigenvalue weighted by Gasteiger charge is -2.12. The van der Waals surface area contributed by atoms with E-state index in [-0.39, 0.29) is 6.42 Å². The molecular weight excluding hydrogens is 255 g/mol. The van der Waals surface area contributed by atoms with Gasteiger partial charge in [-0.2, -0.15) is 0 Å². The summed E-state index contributed by atoms with van der Waals surface area (Å²) < 4.78 is 0.369. The summed E-state index contributed by atoms with van der Waals surface area (Å²) in [6, 6.07) is 0. The Balaban J connectivity index is 2.61. The van der Waals surface area contributed by atoms with E-state index in [4.69, 9.17) is 5.11 Å². The van der Waals surface area contributed by atoms with Gasteiger partial charge in [-0.1, -0.05) is 40.8 Å². The van der Waals surface area contributed by atoms with Crippen molar-refractivity contribution in [3.8, 4) is 0 Å². The smallest absolute Gasteiger partial charge is 0.307 e. The molecule has 11 heavy (non-hydrogen) atoms. The van der Waals surface area contributed by atoms with Crippen molar-refractivity contribution in [3.05, 3.63) is 23.8 Å².